The van der Waals surface area contributed by atoms with Crippen molar-refractivity contribution in [3.8, 4) is 11.4 Å². The summed E-state index contributed by atoms with van der Waals surface area (Å²) < 4.78 is 7.12. The summed E-state index contributed by atoms with van der Waals surface area (Å²) in [6.07, 6.45) is 3.57. The molecule has 1 heterocycles. The lowest BCUT2D eigenvalue weighted by Crippen LogP contribution is -2.30. The maximum absolute atomic E-state index is 12.3. The molecule has 0 aliphatic rings. The quantitative estimate of drug-likeness (QED) is 0.474. The number of nitro groups is 1. The third-order valence-electron chi connectivity index (χ3n) is 3.89. The first-order chi connectivity index (χ1) is 13.0. The number of carbonyl (C=O) groups is 1. The van der Waals surface area contributed by atoms with Crippen LogP contribution in [-0.4, -0.2) is 39.2 Å². The Bertz CT molecular complexity index is 940. The molecule has 0 radical (unpaired) electrons. The Morgan fingerprint density at radius 3 is 2.74 bits per heavy atom. The molecular formula is C19H18N4O4. The highest BCUT2D eigenvalue weighted by Crippen LogP contribution is 2.19. The van der Waals surface area contributed by atoms with Gasteiger partial charge < -0.3 is 9.64 Å². The second-order valence-corrected chi connectivity index (χ2v) is 5.92. The molecule has 8 heteroatoms. The fourth-order valence-corrected chi connectivity index (χ4v) is 2.47. The van der Waals surface area contributed by atoms with Crippen molar-refractivity contribution in [2.45, 2.75) is 6.54 Å². The molecule has 1 amide bonds. The molecule has 3 aromatic rings. The zero-order valence-corrected chi connectivity index (χ0v) is 14.7. The van der Waals surface area contributed by atoms with Crippen LogP contribution in [0.3, 0.4) is 0 Å². The fourth-order valence-electron chi connectivity index (χ4n) is 2.47. The van der Waals surface area contributed by atoms with Gasteiger partial charge in [-0.05, 0) is 18.2 Å². The number of likely N-dealkylation sites (N-methyl/N-ethyl adjacent to an activating group) is 1. The number of nitrogens with zero attached hydrogens (tertiary/aromatic N) is 4. The summed E-state index contributed by atoms with van der Waals surface area (Å²) in [7, 11) is 1.67. The van der Waals surface area contributed by atoms with Gasteiger partial charge in [-0.3, -0.25) is 14.9 Å². The highest BCUT2D eigenvalue weighted by Gasteiger charge is 2.13. The Hall–Kier alpha value is -3.68. The van der Waals surface area contributed by atoms with E-state index in [0.717, 1.165) is 11.3 Å². The molecule has 0 unspecified atom stereocenters. The number of non-ortho nitro benzene ring substituents is 1. The van der Waals surface area contributed by atoms with E-state index in [2.05, 4.69) is 5.10 Å². The van der Waals surface area contributed by atoms with E-state index in [-0.39, 0.29) is 24.0 Å². The highest BCUT2D eigenvalue weighted by molar-refractivity contribution is 5.77. The number of benzene rings is 2. The number of rotatable bonds is 7. The van der Waals surface area contributed by atoms with Crippen molar-refractivity contribution in [3.63, 3.8) is 0 Å². The lowest BCUT2D eigenvalue weighted by molar-refractivity contribution is -0.384. The summed E-state index contributed by atoms with van der Waals surface area (Å²) in [4.78, 5) is 24.0. The van der Waals surface area contributed by atoms with E-state index in [0.29, 0.717) is 6.54 Å². The van der Waals surface area contributed by atoms with E-state index in [1.54, 1.807) is 24.0 Å². The average Bonchev–Trinajstić information content (AvgIpc) is 3.15. The second kappa shape index (κ2) is 8.13. The molecule has 0 fully saturated rings. The van der Waals surface area contributed by atoms with E-state index < -0.39 is 4.92 Å². The van der Waals surface area contributed by atoms with Crippen LogP contribution in [0.15, 0.2) is 67.0 Å². The SMILES string of the molecule is CN(Cc1cnn(-c2ccccc2)c1)C(=O)COc1cccc([N+](=O)[O-])c1. The Kier molecular flexibility index (Phi) is 5.46. The minimum absolute atomic E-state index is 0.0818. The standard InChI is InChI=1S/C19H18N4O4/c1-21(12-15-11-20-22(13-15)16-6-3-2-4-7-16)19(24)14-27-18-9-5-8-17(10-18)23(25)26/h2-11,13H,12,14H2,1H3. The topological polar surface area (TPSA) is 90.5 Å². The van der Waals surface area contributed by atoms with Crippen molar-refractivity contribution in [1.82, 2.24) is 14.7 Å². The first kappa shape index (κ1) is 18.1. The Morgan fingerprint density at radius 2 is 2.00 bits per heavy atom. The van der Waals surface area contributed by atoms with Gasteiger partial charge in [0.2, 0.25) is 0 Å². The van der Waals surface area contributed by atoms with Crippen molar-refractivity contribution in [2.75, 3.05) is 13.7 Å². The molecule has 138 valence electrons. The molecule has 0 spiro atoms. The van der Waals surface area contributed by atoms with Crippen LogP contribution in [0.25, 0.3) is 5.69 Å². The molecule has 1 aromatic heterocycles. The minimum atomic E-state index is -0.509. The molecule has 0 bridgehead atoms. The van der Waals surface area contributed by atoms with Gasteiger partial charge in [0.25, 0.3) is 11.6 Å². The number of para-hydroxylation sites is 1. The van der Waals surface area contributed by atoms with Crippen molar-refractivity contribution >= 4 is 11.6 Å². The number of carbonyl (C=O) groups excluding carboxylic acids is 1. The Balaban J connectivity index is 1.56. The van der Waals surface area contributed by atoms with Crippen LogP contribution in [-0.2, 0) is 11.3 Å². The molecule has 3 rings (SSSR count). The normalized spacial score (nSPS) is 10.4. The first-order valence-electron chi connectivity index (χ1n) is 8.23. The molecule has 0 saturated carbocycles. The van der Waals surface area contributed by atoms with Gasteiger partial charge in [0.05, 0.1) is 22.9 Å². The number of hydrogen-bond acceptors (Lipinski definition) is 5. The van der Waals surface area contributed by atoms with Gasteiger partial charge >= 0.3 is 0 Å². The molecule has 8 nitrogen and oxygen atoms in total. The maximum atomic E-state index is 12.3. The van der Waals surface area contributed by atoms with Crippen LogP contribution in [0, 0.1) is 10.1 Å². The lowest BCUT2D eigenvalue weighted by atomic mass is 10.3. The fraction of sp³-hybridized carbons (Fsp3) is 0.158. The van der Waals surface area contributed by atoms with E-state index in [9.17, 15) is 14.9 Å². The number of nitro benzene ring substituents is 1. The van der Waals surface area contributed by atoms with Crippen molar-refractivity contribution < 1.29 is 14.5 Å². The van der Waals surface area contributed by atoms with Gasteiger partial charge in [-0.15, -0.1) is 0 Å². The predicted octanol–water partition coefficient (Wildman–Crippen LogP) is 2.82. The van der Waals surface area contributed by atoms with Gasteiger partial charge in [0.15, 0.2) is 6.61 Å². The van der Waals surface area contributed by atoms with Crippen LogP contribution in [0.2, 0.25) is 0 Å². The zero-order chi connectivity index (χ0) is 19.2. The van der Waals surface area contributed by atoms with Gasteiger partial charge in [0, 0.05) is 31.4 Å². The van der Waals surface area contributed by atoms with Crippen LogP contribution in [0.1, 0.15) is 5.56 Å². The monoisotopic (exact) mass is 366 g/mol. The molecule has 2 aromatic carbocycles. The van der Waals surface area contributed by atoms with Gasteiger partial charge in [-0.2, -0.15) is 5.10 Å². The van der Waals surface area contributed by atoms with E-state index in [1.807, 2.05) is 36.5 Å². The molecule has 27 heavy (non-hydrogen) atoms. The lowest BCUT2D eigenvalue weighted by Gasteiger charge is -2.16. The molecule has 0 atom stereocenters. The summed E-state index contributed by atoms with van der Waals surface area (Å²) in [5.74, 6) is 0.0387. The van der Waals surface area contributed by atoms with Crippen LogP contribution >= 0.6 is 0 Å². The average molecular weight is 366 g/mol. The molecular weight excluding hydrogens is 348 g/mol. The molecule has 0 saturated heterocycles. The summed E-state index contributed by atoms with van der Waals surface area (Å²) >= 11 is 0. The van der Waals surface area contributed by atoms with E-state index in [1.165, 1.54) is 23.1 Å². The van der Waals surface area contributed by atoms with Gasteiger partial charge in [-0.25, -0.2) is 4.68 Å². The number of ether oxygens (including phenoxy) is 1. The van der Waals surface area contributed by atoms with Crippen molar-refractivity contribution in [2.24, 2.45) is 0 Å². The Labute approximate surface area is 155 Å². The summed E-state index contributed by atoms with van der Waals surface area (Å²) in [6, 6.07) is 15.4. The van der Waals surface area contributed by atoms with Crippen molar-refractivity contribution in [1.29, 1.82) is 0 Å². The minimum Gasteiger partial charge on any atom is -0.484 e. The predicted molar refractivity (Wildman–Crippen MR) is 98.6 cm³/mol. The third kappa shape index (κ3) is 4.69. The van der Waals surface area contributed by atoms with Crippen LogP contribution < -0.4 is 4.74 Å². The van der Waals surface area contributed by atoms with Gasteiger partial charge in [0.1, 0.15) is 5.75 Å². The third-order valence-corrected chi connectivity index (χ3v) is 3.89. The maximum Gasteiger partial charge on any atom is 0.273 e. The van der Waals surface area contributed by atoms with E-state index in [4.69, 9.17) is 4.74 Å². The summed E-state index contributed by atoms with van der Waals surface area (Å²) in [5, 5.41) is 15.1. The smallest absolute Gasteiger partial charge is 0.273 e. The zero-order valence-electron chi connectivity index (χ0n) is 14.7. The van der Waals surface area contributed by atoms with Crippen LogP contribution in [0.5, 0.6) is 5.75 Å². The largest absolute Gasteiger partial charge is 0.484 e. The Morgan fingerprint density at radius 1 is 1.22 bits per heavy atom. The highest BCUT2D eigenvalue weighted by atomic mass is 16.6. The first-order valence-corrected chi connectivity index (χ1v) is 8.23. The molecule has 0 aliphatic heterocycles. The number of hydrogen-bond donors (Lipinski definition) is 0. The number of aromatic nitrogens is 2. The summed E-state index contributed by atoms with van der Waals surface area (Å²) in [6.45, 7) is 0.175. The van der Waals surface area contributed by atoms with Crippen molar-refractivity contribution in [3.05, 3.63) is 82.7 Å². The number of amides is 1. The van der Waals surface area contributed by atoms with E-state index >= 15 is 0 Å². The second-order valence-electron chi connectivity index (χ2n) is 5.92. The molecule has 0 N–H and O–H groups in total. The van der Waals surface area contributed by atoms with Gasteiger partial charge in [-0.1, -0.05) is 24.3 Å². The summed E-state index contributed by atoms with van der Waals surface area (Å²) in [5.41, 5.74) is 1.73. The van der Waals surface area contributed by atoms with Crippen LogP contribution in [0.4, 0.5) is 5.69 Å². The molecule has 0 aliphatic carbocycles.